The van der Waals surface area contributed by atoms with Crippen molar-refractivity contribution in [1.29, 1.82) is 0 Å². The molecule has 2 aromatic carbocycles. The van der Waals surface area contributed by atoms with Crippen LogP contribution < -0.4 is 10.9 Å². The monoisotopic (exact) mass is 462 g/mol. The second-order valence-electron chi connectivity index (χ2n) is 7.12. The molecular weight excluding hydrogens is 440 g/mol. The molecule has 8 heteroatoms. The summed E-state index contributed by atoms with van der Waals surface area (Å²) < 4.78 is 0. The van der Waals surface area contributed by atoms with E-state index < -0.39 is 0 Å². The van der Waals surface area contributed by atoms with Gasteiger partial charge in [-0.3, -0.25) is 9.59 Å². The van der Waals surface area contributed by atoms with E-state index in [-0.39, 0.29) is 17.2 Å². The zero-order chi connectivity index (χ0) is 22.5. The maximum Gasteiger partial charge on any atom is 0.252 e. The summed E-state index contributed by atoms with van der Waals surface area (Å²) in [5.74, 6) is -0.0218. The van der Waals surface area contributed by atoms with Crippen molar-refractivity contribution in [3.05, 3.63) is 82.3 Å². The first-order valence-corrected chi connectivity index (χ1v) is 12.0. The van der Waals surface area contributed by atoms with Crippen LogP contribution in [-0.4, -0.2) is 26.6 Å². The number of aromatic amines is 1. The first kappa shape index (κ1) is 22.0. The summed E-state index contributed by atoms with van der Waals surface area (Å²) in [6, 6.07) is 19.1. The number of thioether (sulfide) groups is 1. The fourth-order valence-electron chi connectivity index (χ4n) is 3.11. The number of benzene rings is 2. The van der Waals surface area contributed by atoms with E-state index in [1.165, 1.54) is 34.7 Å². The molecule has 0 radical (unpaired) electrons. The molecule has 4 aromatic rings. The van der Waals surface area contributed by atoms with Crippen molar-refractivity contribution in [2.24, 2.45) is 0 Å². The number of carbonyl (C=O) groups is 1. The molecule has 0 spiro atoms. The molecule has 0 fully saturated rings. The van der Waals surface area contributed by atoms with Crippen LogP contribution in [0.4, 0.5) is 5.69 Å². The standard InChI is InChI=1S/C24H22N4O2S2/c1-3-16-9-11-18(12-10-16)26-21(30)14-31-24-27-19(13-20(29)28-24)22-15(2)25-23(32-22)17-7-5-4-6-8-17/h4-13H,3,14H2,1-2H3,(H,26,30)(H,27,28,29). The molecule has 2 heterocycles. The number of hydrogen-bond acceptors (Lipinski definition) is 6. The summed E-state index contributed by atoms with van der Waals surface area (Å²) in [7, 11) is 0. The van der Waals surface area contributed by atoms with Gasteiger partial charge in [0.25, 0.3) is 5.56 Å². The number of rotatable bonds is 7. The Morgan fingerprint density at radius 3 is 2.56 bits per heavy atom. The van der Waals surface area contributed by atoms with Crippen LogP contribution in [0.2, 0.25) is 0 Å². The molecule has 0 bridgehead atoms. The second-order valence-corrected chi connectivity index (χ2v) is 9.09. The van der Waals surface area contributed by atoms with Crippen molar-refractivity contribution in [3.8, 4) is 21.1 Å². The molecule has 0 atom stereocenters. The number of amides is 1. The van der Waals surface area contributed by atoms with Crippen LogP contribution >= 0.6 is 23.1 Å². The van der Waals surface area contributed by atoms with Gasteiger partial charge in [0.15, 0.2) is 5.16 Å². The third kappa shape index (κ3) is 5.33. The van der Waals surface area contributed by atoms with Crippen molar-refractivity contribution in [3.63, 3.8) is 0 Å². The number of thiazole rings is 1. The molecule has 0 saturated carbocycles. The van der Waals surface area contributed by atoms with Crippen LogP contribution in [0.3, 0.4) is 0 Å². The lowest BCUT2D eigenvalue weighted by Crippen LogP contribution is -2.15. The van der Waals surface area contributed by atoms with Gasteiger partial charge in [0.05, 0.1) is 22.0 Å². The fourth-order valence-corrected chi connectivity index (χ4v) is 4.82. The zero-order valence-electron chi connectivity index (χ0n) is 17.7. The number of nitrogens with one attached hydrogen (secondary N) is 2. The van der Waals surface area contributed by atoms with E-state index in [1.54, 1.807) is 0 Å². The Hall–Kier alpha value is -3.23. The molecule has 6 nitrogen and oxygen atoms in total. The van der Waals surface area contributed by atoms with Gasteiger partial charge in [-0.25, -0.2) is 9.97 Å². The minimum atomic E-state index is -0.262. The largest absolute Gasteiger partial charge is 0.325 e. The smallest absolute Gasteiger partial charge is 0.252 e. The van der Waals surface area contributed by atoms with Crippen LogP contribution in [0, 0.1) is 6.92 Å². The highest BCUT2D eigenvalue weighted by atomic mass is 32.2. The predicted molar refractivity (Wildman–Crippen MR) is 131 cm³/mol. The Morgan fingerprint density at radius 2 is 1.84 bits per heavy atom. The summed E-state index contributed by atoms with van der Waals surface area (Å²) in [6.45, 7) is 3.99. The second kappa shape index (κ2) is 9.93. The molecular formula is C24H22N4O2S2. The molecule has 4 rings (SSSR count). The number of hydrogen-bond donors (Lipinski definition) is 2. The van der Waals surface area contributed by atoms with E-state index >= 15 is 0 Å². The molecule has 0 aliphatic carbocycles. The Balaban J connectivity index is 1.48. The minimum Gasteiger partial charge on any atom is -0.325 e. The van der Waals surface area contributed by atoms with Crippen molar-refractivity contribution < 1.29 is 4.79 Å². The highest BCUT2D eigenvalue weighted by molar-refractivity contribution is 7.99. The van der Waals surface area contributed by atoms with Crippen molar-refractivity contribution in [2.45, 2.75) is 25.4 Å². The molecule has 32 heavy (non-hydrogen) atoms. The van der Waals surface area contributed by atoms with Crippen LogP contribution in [0.15, 0.2) is 70.6 Å². The summed E-state index contributed by atoms with van der Waals surface area (Å²) >= 11 is 2.69. The van der Waals surface area contributed by atoms with Gasteiger partial charge in [0, 0.05) is 17.3 Å². The molecule has 0 aliphatic heterocycles. The first-order chi connectivity index (χ1) is 15.5. The van der Waals surface area contributed by atoms with Crippen LogP contribution in [0.5, 0.6) is 0 Å². The van der Waals surface area contributed by atoms with Gasteiger partial charge in [-0.15, -0.1) is 11.3 Å². The van der Waals surface area contributed by atoms with Gasteiger partial charge in [0.2, 0.25) is 5.91 Å². The van der Waals surface area contributed by atoms with Gasteiger partial charge in [-0.2, -0.15) is 0 Å². The van der Waals surface area contributed by atoms with Crippen LogP contribution in [0.25, 0.3) is 21.1 Å². The molecule has 162 valence electrons. The Kier molecular flexibility index (Phi) is 6.82. The summed E-state index contributed by atoms with van der Waals surface area (Å²) in [6.07, 6.45) is 0.950. The summed E-state index contributed by atoms with van der Waals surface area (Å²) in [4.78, 5) is 37.3. The zero-order valence-corrected chi connectivity index (χ0v) is 19.3. The number of aryl methyl sites for hydroxylation is 2. The van der Waals surface area contributed by atoms with Crippen molar-refractivity contribution in [1.82, 2.24) is 15.0 Å². The average Bonchev–Trinajstić information content (AvgIpc) is 3.20. The lowest BCUT2D eigenvalue weighted by Gasteiger charge is -2.06. The van der Waals surface area contributed by atoms with Gasteiger partial charge < -0.3 is 10.3 Å². The van der Waals surface area contributed by atoms with Crippen molar-refractivity contribution in [2.75, 3.05) is 11.1 Å². The maximum absolute atomic E-state index is 12.3. The Morgan fingerprint density at radius 1 is 1.09 bits per heavy atom. The highest BCUT2D eigenvalue weighted by Crippen LogP contribution is 2.34. The maximum atomic E-state index is 12.3. The van der Waals surface area contributed by atoms with Crippen LogP contribution in [0.1, 0.15) is 18.2 Å². The Bertz CT molecular complexity index is 1280. The van der Waals surface area contributed by atoms with Gasteiger partial charge in [-0.1, -0.05) is 61.2 Å². The number of H-pyrrole nitrogens is 1. The third-order valence-electron chi connectivity index (χ3n) is 4.76. The third-order valence-corrected chi connectivity index (χ3v) is 6.86. The first-order valence-electron chi connectivity index (χ1n) is 10.2. The average molecular weight is 463 g/mol. The van der Waals surface area contributed by atoms with Crippen LogP contribution in [-0.2, 0) is 11.2 Å². The van der Waals surface area contributed by atoms with E-state index in [0.717, 1.165) is 33.3 Å². The molecule has 0 unspecified atom stereocenters. The molecule has 2 aromatic heterocycles. The van der Waals surface area contributed by atoms with E-state index in [4.69, 9.17) is 0 Å². The normalized spacial score (nSPS) is 10.8. The number of carbonyl (C=O) groups excluding carboxylic acids is 1. The number of nitrogens with zero attached hydrogens (tertiary/aromatic N) is 2. The van der Waals surface area contributed by atoms with E-state index in [0.29, 0.717) is 10.9 Å². The summed E-state index contributed by atoms with van der Waals surface area (Å²) in [5.41, 5.74) is 4.10. The highest BCUT2D eigenvalue weighted by Gasteiger charge is 2.15. The van der Waals surface area contributed by atoms with Crippen molar-refractivity contribution >= 4 is 34.7 Å². The summed E-state index contributed by atoms with van der Waals surface area (Å²) in [5, 5.41) is 4.15. The van der Waals surface area contributed by atoms with E-state index in [9.17, 15) is 9.59 Å². The topological polar surface area (TPSA) is 87.7 Å². The SMILES string of the molecule is CCc1ccc(NC(=O)CSc2nc(-c3sc(-c4ccccc4)nc3C)cc(=O)[nH]2)cc1. The lowest BCUT2D eigenvalue weighted by atomic mass is 10.1. The number of aromatic nitrogens is 3. The molecule has 0 saturated heterocycles. The lowest BCUT2D eigenvalue weighted by molar-refractivity contribution is -0.113. The molecule has 2 N–H and O–H groups in total. The molecule has 0 aliphatic rings. The number of anilines is 1. The fraction of sp³-hybridized carbons (Fsp3) is 0.167. The van der Waals surface area contributed by atoms with E-state index in [2.05, 4.69) is 27.2 Å². The minimum absolute atomic E-state index is 0.138. The van der Waals surface area contributed by atoms with Gasteiger partial charge >= 0.3 is 0 Å². The molecule has 1 amide bonds. The predicted octanol–water partition coefficient (Wildman–Crippen LogP) is 5.16. The quantitative estimate of drug-likeness (QED) is 0.292. The van der Waals surface area contributed by atoms with Gasteiger partial charge in [0.1, 0.15) is 5.01 Å². The van der Waals surface area contributed by atoms with Gasteiger partial charge in [-0.05, 0) is 31.0 Å². The van der Waals surface area contributed by atoms with E-state index in [1.807, 2.05) is 61.5 Å². The Labute approximate surface area is 194 Å².